The molecule has 0 aliphatic rings. The average molecular weight is 348 g/mol. The number of para-hydroxylation sites is 1. The van der Waals surface area contributed by atoms with Gasteiger partial charge in [0.15, 0.2) is 5.82 Å². The number of hydrogen-bond acceptors (Lipinski definition) is 5. The van der Waals surface area contributed by atoms with Crippen LogP contribution in [0.4, 0.5) is 16.3 Å². The molecule has 1 heterocycles. The third-order valence-electron chi connectivity index (χ3n) is 3.05. The molecule has 0 saturated carbocycles. The number of nitrogens with zero attached hydrogens (tertiary/aromatic N) is 1. The smallest absolute Gasteiger partial charge is 0.328 e. The van der Waals surface area contributed by atoms with E-state index in [0.29, 0.717) is 11.3 Å². The van der Waals surface area contributed by atoms with E-state index in [4.69, 9.17) is 0 Å². The van der Waals surface area contributed by atoms with Gasteiger partial charge >= 0.3 is 6.03 Å². The van der Waals surface area contributed by atoms with E-state index in [9.17, 15) is 13.2 Å². The van der Waals surface area contributed by atoms with Gasteiger partial charge in [-0.3, -0.25) is 0 Å². The van der Waals surface area contributed by atoms with Crippen molar-refractivity contribution in [3.63, 3.8) is 0 Å². The molecule has 8 heteroatoms. The molecule has 3 N–H and O–H groups in total. The van der Waals surface area contributed by atoms with Crippen molar-refractivity contribution < 1.29 is 13.2 Å². The first-order valence-electron chi connectivity index (χ1n) is 7.40. The van der Waals surface area contributed by atoms with E-state index in [1.807, 2.05) is 22.9 Å². The number of aryl methyl sites for hydroxylation is 1. The van der Waals surface area contributed by atoms with Gasteiger partial charge in [0.05, 0.1) is 0 Å². The van der Waals surface area contributed by atoms with Crippen molar-refractivity contribution >= 4 is 27.6 Å². The SMILES string of the molecule is Cc1ccnc(Nc2ccccc2)c1S(=O)(=O)NC(=O)NC(C)C. The number of carbonyl (C=O) groups excluding carboxylic acids is 1. The highest BCUT2D eigenvalue weighted by Gasteiger charge is 2.25. The second-order valence-corrected chi connectivity index (χ2v) is 7.15. The summed E-state index contributed by atoms with van der Waals surface area (Å²) in [7, 11) is -4.07. The number of pyridine rings is 1. The largest absolute Gasteiger partial charge is 0.339 e. The van der Waals surface area contributed by atoms with Crippen molar-refractivity contribution in [1.29, 1.82) is 0 Å². The number of benzene rings is 1. The van der Waals surface area contributed by atoms with E-state index in [1.165, 1.54) is 6.20 Å². The van der Waals surface area contributed by atoms with Gasteiger partial charge in [0.2, 0.25) is 0 Å². The fraction of sp³-hybridized carbons (Fsp3) is 0.250. The number of anilines is 2. The number of carbonyl (C=O) groups is 1. The van der Waals surface area contributed by atoms with Gasteiger partial charge in [-0.05, 0) is 44.5 Å². The third-order valence-corrected chi connectivity index (χ3v) is 4.56. The highest BCUT2D eigenvalue weighted by molar-refractivity contribution is 7.90. The summed E-state index contributed by atoms with van der Waals surface area (Å²) in [5.74, 6) is 0.158. The monoisotopic (exact) mass is 348 g/mol. The minimum absolute atomic E-state index is 0.0623. The van der Waals surface area contributed by atoms with Crippen molar-refractivity contribution in [2.45, 2.75) is 31.7 Å². The minimum Gasteiger partial charge on any atom is -0.339 e. The Bertz CT molecular complexity index is 820. The lowest BCUT2D eigenvalue weighted by Crippen LogP contribution is -2.42. The second-order valence-electron chi connectivity index (χ2n) is 5.53. The molecule has 0 unspecified atom stereocenters. The van der Waals surface area contributed by atoms with Crippen LogP contribution in [0.5, 0.6) is 0 Å². The number of aromatic nitrogens is 1. The van der Waals surface area contributed by atoms with Gasteiger partial charge in [-0.2, -0.15) is 0 Å². The molecule has 128 valence electrons. The summed E-state index contributed by atoms with van der Waals surface area (Å²) in [6.07, 6.45) is 1.51. The Labute approximate surface area is 141 Å². The topological polar surface area (TPSA) is 100 Å². The van der Waals surface area contributed by atoms with Crippen LogP contribution in [0.3, 0.4) is 0 Å². The van der Waals surface area contributed by atoms with Crippen LogP contribution in [-0.2, 0) is 10.0 Å². The Morgan fingerprint density at radius 3 is 2.42 bits per heavy atom. The summed E-state index contributed by atoms with van der Waals surface area (Å²) in [6.45, 7) is 5.13. The lowest BCUT2D eigenvalue weighted by Gasteiger charge is -2.15. The van der Waals surface area contributed by atoms with E-state index in [0.717, 1.165) is 0 Å². The Hall–Kier alpha value is -2.61. The molecule has 1 aromatic heterocycles. The summed E-state index contributed by atoms with van der Waals surface area (Å²) in [5.41, 5.74) is 1.17. The highest BCUT2D eigenvalue weighted by Crippen LogP contribution is 2.25. The third kappa shape index (κ3) is 4.45. The van der Waals surface area contributed by atoms with Crippen LogP contribution in [0, 0.1) is 6.92 Å². The molecule has 0 fully saturated rings. The Morgan fingerprint density at radius 1 is 1.12 bits per heavy atom. The van der Waals surface area contributed by atoms with Crippen LogP contribution < -0.4 is 15.4 Å². The fourth-order valence-corrected chi connectivity index (χ4v) is 3.35. The molecule has 24 heavy (non-hydrogen) atoms. The maximum Gasteiger partial charge on any atom is 0.328 e. The van der Waals surface area contributed by atoms with E-state index in [2.05, 4.69) is 15.6 Å². The highest BCUT2D eigenvalue weighted by atomic mass is 32.2. The maximum absolute atomic E-state index is 12.6. The van der Waals surface area contributed by atoms with Gasteiger partial charge in [-0.25, -0.2) is 22.9 Å². The molecule has 0 bridgehead atoms. The van der Waals surface area contributed by atoms with Crippen molar-refractivity contribution in [2.75, 3.05) is 5.32 Å². The van der Waals surface area contributed by atoms with E-state index in [1.54, 1.807) is 39.0 Å². The zero-order chi connectivity index (χ0) is 17.7. The predicted molar refractivity (Wildman–Crippen MR) is 92.7 cm³/mol. The van der Waals surface area contributed by atoms with Crippen LogP contribution in [-0.4, -0.2) is 25.5 Å². The van der Waals surface area contributed by atoms with E-state index in [-0.39, 0.29) is 16.8 Å². The Morgan fingerprint density at radius 2 is 1.79 bits per heavy atom. The number of nitrogens with one attached hydrogen (secondary N) is 3. The van der Waals surface area contributed by atoms with Crippen molar-refractivity contribution in [1.82, 2.24) is 15.0 Å². The summed E-state index contributed by atoms with van der Waals surface area (Å²) in [6, 6.07) is 9.69. The Kier molecular flexibility index (Phi) is 5.40. The summed E-state index contributed by atoms with van der Waals surface area (Å²) in [4.78, 5) is 15.8. The van der Waals surface area contributed by atoms with Crippen molar-refractivity contribution in [3.05, 3.63) is 48.2 Å². The summed E-state index contributed by atoms with van der Waals surface area (Å²) in [5, 5.41) is 5.46. The van der Waals surface area contributed by atoms with Gasteiger partial charge in [0.25, 0.3) is 10.0 Å². The first-order chi connectivity index (χ1) is 11.3. The van der Waals surface area contributed by atoms with Crippen LogP contribution in [0.1, 0.15) is 19.4 Å². The van der Waals surface area contributed by atoms with Crippen LogP contribution >= 0.6 is 0 Å². The molecule has 7 nitrogen and oxygen atoms in total. The molecule has 0 saturated heterocycles. The van der Waals surface area contributed by atoms with Gasteiger partial charge in [-0.15, -0.1) is 0 Å². The van der Waals surface area contributed by atoms with Gasteiger partial charge < -0.3 is 10.6 Å². The molecule has 2 aromatic rings. The van der Waals surface area contributed by atoms with Gasteiger partial charge in [-0.1, -0.05) is 18.2 Å². The number of amides is 2. The minimum atomic E-state index is -4.07. The predicted octanol–water partition coefficient (Wildman–Crippen LogP) is 2.53. The first-order valence-corrected chi connectivity index (χ1v) is 8.89. The number of urea groups is 1. The molecule has 0 aliphatic heterocycles. The molecular formula is C16H20N4O3S. The first kappa shape index (κ1) is 17.7. The van der Waals surface area contributed by atoms with Gasteiger partial charge in [0, 0.05) is 17.9 Å². The average Bonchev–Trinajstić information content (AvgIpc) is 2.46. The molecule has 0 spiro atoms. The molecule has 2 amide bonds. The molecule has 0 atom stereocenters. The van der Waals surface area contributed by atoms with E-state index < -0.39 is 16.1 Å². The lowest BCUT2D eigenvalue weighted by atomic mass is 10.3. The zero-order valence-electron chi connectivity index (χ0n) is 13.7. The molecule has 1 aromatic carbocycles. The normalized spacial score (nSPS) is 11.2. The van der Waals surface area contributed by atoms with E-state index >= 15 is 0 Å². The molecular weight excluding hydrogens is 328 g/mol. The molecule has 2 rings (SSSR count). The van der Waals surface area contributed by atoms with Crippen LogP contribution in [0.2, 0.25) is 0 Å². The van der Waals surface area contributed by atoms with Crippen molar-refractivity contribution in [3.8, 4) is 0 Å². The Balaban J connectivity index is 2.36. The van der Waals surface area contributed by atoms with Crippen LogP contribution in [0.15, 0.2) is 47.5 Å². The van der Waals surface area contributed by atoms with Crippen molar-refractivity contribution in [2.24, 2.45) is 0 Å². The van der Waals surface area contributed by atoms with Crippen LogP contribution in [0.25, 0.3) is 0 Å². The quantitative estimate of drug-likeness (QED) is 0.771. The van der Waals surface area contributed by atoms with Gasteiger partial charge in [0.1, 0.15) is 4.90 Å². The zero-order valence-corrected chi connectivity index (χ0v) is 14.5. The molecule has 0 radical (unpaired) electrons. The number of sulfonamides is 1. The number of rotatable bonds is 5. The number of hydrogen-bond donors (Lipinski definition) is 3. The summed E-state index contributed by atoms with van der Waals surface area (Å²) < 4.78 is 27.2. The lowest BCUT2D eigenvalue weighted by molar-refractivity contribution is 0.243. The standard InChI is InChI=1S/C16H20N4O3S/c1-11(2)18-16(21)20-24(22,23)14-12(3)9-10-17-15(14)19-13-7-5-4-6-8-13/h4-11H,1-3H3,(H,17,19)(H2,18,20,21). The fourth-order valence-electron chi connectivity index (χ4n) is 2.10. The second kappa shape index (κ2) is 7.31. The maximum atomic E-state index is 12.6. The molecule has 0 aliphatic carbocycles. The summed E-state index contributed by atoms with van der Waals surface area (Å²) >= 11 is 0.